The molecule has 0 fully saturated rings. The number of ether oxygens (including phenoxy) is 1. The minimum Gasteiger partial charge on any atom is -0.497 e. The molecule has 2 aromatic rings. The highest BCUT2D eigenvalue weighted by Gasteiger charge is 2.10. The lowest BCUT2D eigenvalue weighted by Crippen LogP contribution is -2.08. The van der Waals surface area contributed by atoms with Crippen LogP contribution in [0.15, 0.2) is 18.2 Å². The zero-order valence-electron chi connectivity index (χ0n) is 12.0. The maximum Gasteiger partial charge on any atom is 0.121 e. The molecule has 0 aliphatic carbocycles. The van der Waals surface area contributed by atoms with Gasteiger partial charge in [0.2, 0.25) is 0 Å². The first-order chi connectivity index (χ1) is 9.15. The van der Waals surface area contributed by atoms with Crippen molar-refractivity contribution in [2.45, 2.75) is 26.2 Å². The molecule has 104 valence electrons. The average molecular weight is 261 g/mol. The van der Waals surface area contributed by atoms with E-state index in [0.717, 1.165) is 48.4 Å². The minimum absolute atomic E-state index is 0.652. The Morgan fingerprint density at radius 1 is 1.37 bits per heavy atom. The van der Waals surface area contributed by atoms with Crippen LogP contribution >= 0.6 is 0 Å². The average Bonchev–Trinajstić information content (AvgIpc) is 2.73. The monoisotopic (exact) mass is 261 g/mol. The summed E-state index contributed by atoms with van der Waals surface area (Å²) in [5.41, 5.74) is 7.74. The Morgan fingerprint density at radius 2 is 2.16 bits per heavy atom. The van der Waals surface area contributed by atoms with Crippen LogP contribution in [0.3, 0.4) is 0 Å². The number of nitrogens with two attached hydrogens (primary N) is 1. The number of nitrogens with zero attached hydrogens (tertiary/aromatic N) is 2. The molecule has 4 heteroatoms. The Labute approximate surface area is 114 Å². The van der Waals surface area contributed by atoms with Crippen molar-refractivity contribution in [1.82, 2.24) is 9.55 Å². The molecule has 1 atom stereocenters. The molecule has 0 saturated carbocycles. The van der Waals surface area contributed by atoms with Gasteiger partial charge in [-0.15, -0.1) is 0 Å². The van der Waals surface area contributed by atoms with Crippen LogP contribution in [0.4, 0.5) is 0 Å². The summed E-state index contributed by atoms with van der Waals surface area (Å²) in [6, 6.07) is 6.03. The summed E-state index contributed by atoms with van der Waals surface area (Å²) in [4.78, 5) is 4.70. The molecule has 0 spiro atoms. The predicted octanol–water partition coefficient (Wildman–Crippen LogP) is 2.50. The number of aromatic nitrogens is 2. The van der Waals surface area contributed by atoms with Gasteiger partial charge in [0.1, 0.15) is 11.6 Å². The molecule has 0 saturated heterocycles. The fourth-order valence-electron chi connectivity index (χ4n) is 2.38. The Bertz CT molecular complexity index is 548. The quantitative estimate of drug-likeness (QED) is 0.869. The molecule has 19 heavy (non-hydrogen) atoms. The van der Waals surface area contributed by atoms with E-state index in [1.165, 1.54) is 0 Å². The van der Waals surface area contributed by atoms with Crippen molar-refractivity contribution in [1.29, 1.82) is 0 Å². The van der Waals surface area contributed by atoms with Gasteiger partial charge in [-0.25, -0.2) is 4.98 Å². The number of aryl methyl sites for hydroxylation is 2. The van der Waals surface area contributed by atoms with Crippen molar-refractivity contribution in [3.05, 3.63) is 24.0 Å². The van der Waals surface area contributed by atoms with E-state index in [1.54, 1.807) is 7.11 Å². The first kappa shape index (κ1) is 13.9. The highest BCUT2D eigenvalue weighted by atomic mass is 16.5. The molecule has 1 aromatic carbocycles. The van der Waals surface area contributed by atoms with E-state index in [0.29, 0.717) is 5.92 Å². The van der Waals surface area contributed by atoms with Gasteiger partial charge in [-0.1, -0.05) is 6.92 Å². The molecule has 0 aliphatic heterocycles. The molecule has 0 bridgehead atoms. The number of fused-ring (bicyclic) bond motifs is 1. The Hall–Kier alpha value is -1.55. The molecule has 0 aliphatic rings. The number of hydrogen-bond acceptors (Lipinski definition) is 3. The largest absolute Gasteiger partial charge is 0.497 e. The molecule has 1 unspecified atom stereocenters. The van der Waals surface area contributed by atoms with Crippen molar-refractivity contribution in [2.75, 3.05) is 13.7 Å². The molecule has 4 nitrogen and oxygen atoms in total. The van der Waals surface area contributed by atoms with Crippen LogP contribution in [-0.4, -0.2) is 23.2 Å². The van der Waals surface area contributed by atoms with Crippen molar-refractivity contribution >= 4 is 11.0 Å². The fraction of sp³-hybridized carbons (Fsp3) is 0.533. The molecule has 0 radical (unpaired) electrons. The number of methoxy groups -OCH3 is 1. The summed E-state index contributed by atoms with van der Waals surface area (Å²) < 4.78 is 7.41. The Kier molecular flexibility index (Phi) is 4.43. The van der Waals surface area contributed by atoms with Gasteiger partial charge in [0.15, 0.2) is 0 Å². The lowest BCUT2D eigenvalue weighted by molar-refractivity contribution is 0.415. The molecule has 2 N–H and O–H groups in total. The van der Waals surface area contributed by atoms with E-state index in [2.05, 4.69) is 24.6 Å². The topological polar surface area (TPSA) is 53.1 Å². The Morgan fingerprint density at radius 3 is 2.84 bits per heavy atom. The number of imidazole rings is 1. The van der Waals surface area contributed by atoms with Crippen molar-refractivity contribution in [3.8, 4) is 5.75 Å². The SMILES string of the molecule is COc1ccc2c(c1)nc(CCC(C)CCN)n2C. The first-order valence-corrected chi connectivity index (χ1v) is 6.85. The van der Waals surface area contributed by atoms with E-state index in [9.17, 15) is 0 Å². The summed E-state index contributed by atoms with van der Waals surface area (Å²) >= 11 is 0. The van der Waals surface area contributed by atoms with Crippen LogP contribution in [0, 0.1) is 5.92 Å². The molecule has 1 aromatic heterocycles. The second-order valence-electron chi connectivity index (χ2n) is 5.16. The van der Waals surface area contributed by atoms with Gasteiger partial charge in [-0.05, 0) is 37.4 Å². The maximum absolute atomic E-state index is 5.59. The molecule has 0 amide bonds. The summed E-state index contributed by atoms with van der Waals surface area (Å²) in [6.45, 7) is 3.01. The summed E-state index contributed by atoms with van der Waals surface area (Å²) in [6.07, 6.45) is 3.21. The van der Waals surface area contributed by atoms with Gasteiger partial charge in [0, 0.05) is 19.5 Å². The van der Waals surface area contributed by atoms with E-state index in [1.807, 2.05) is 12.1 Å². The highest BCUT2D eigenvalue weighted by molar-refractivity contribution is 5.77. The molecular formula is C15H23N3O. The van der Waals surface area contributed by atoms with Gasteiger partial charge >= 0.3 is 0 Å². The summed E-state index contributed by atoms with van der Waals surface area (Å²) in [7, 11) is 3.75. The van der Waals surface area contributed by atoms with Crippen molar-refractivity contribution < 1.29 is 4.74 Å². The van der Waals surface area contributed by atoms with Crippen molar-refractivity contribution in [3.63, 3.8) is 0 Å². The van der Waals surface area contributed by atoms with Crippen LogP contribution in [0.25, 0.3) is 11.0 Å². The molecule has 2 rings (SSSR count). The van der Waals surface area contributed by atoms with Gasteiger partial charge in [0.25, 0.3) is 0 Å². The minimum atomic E-state index is 0.652. The van der Waals surface area contributed by atoms with Gasteiger partial charge in [-0.3, -0.25) is 0 Å². The van der Waals surface area contributed by atoms with Crippen LogP contribution in [0.5, 0.6) is 5.75 Å². The van der Waals surface area contributed by atoms with Gasteiger partial charge < -0.3 is 15.0 Å². The summed E-state index contributed by atoms with van der Waals surface area (Å²) in [5.74, 6) is 2.64. The maximum atomic E-state index is 5.59. The van der Waals surface area contributed by atoms with E-state index < -0.39 is 0 Å². The van der Waals surface area contributed by atoms with Crippen LogP contribution in [0.2, 0.25) is 0 Å². The van der Waals surface area contributed by atoms with Gasteiger partial charge in [-0.2, -0.15) is 0 Å². The summed E-state index contributed by atoms with van der Waals surface area (Å²) in [5, 5.41) is 0. The molecule has 1 heterocycles. The third kappa shape index (κ3) is 3.07. The van der Waals surface area contributed by atoms with E-state index in [4.69, 9.17) is 15.5 Å². The van der Waals surface area contributed by atoms with Crippen LogP contribution in [-0.2, 0) is 13.5 Å². The second-order valence-corrected chi connectivity index (χ2v) is 5.16. The Balaban J connectivity index is 2.17. The third-order valence-corrected chi connectivity index (χ3v) is 3.70. The lowest BCUT2D eigenvalue weighted by atomic mass is 10.0. The normalized spacial score (nSPS) is 12.8. The number of hydrogen-bond donors (Lipinski definition) is 1. The van der Waals surface area contributed by atoms with Crippen LogP contribution < -0.4 is 10.5 Å². The van der Waals surface area contributed by atoms with Crippen LogP contribution in [0.1, 0.15) is 25.6 Å². The van der Waals surface area contributed by atoms with E-state index in [-0.39, 0.29) is 0 Å². The third-order valence-electron chi connectivity index (χ3n) is 3.70. The van der Waals surface area contributed by atoms with Gasteiger partial charge in [0.05, 0.1) is 18.1 Å². The molecular weight excluding hydrogens is 238 g/mol. The smallest absolute Gasteiger partial charge is 0.121 e. The second kappa shape index (κ2) is 6.06. The van der Waals surface area contributed by atoms with E-state index >= 15 is 0 Å². The highest BCUT2D eigenvalue weighted by Crippen LogP contribution is 2.22. The number of benzene rings is 1. The number of rotatable bonds is 6. The zero-order chi connectivity index (χ0) is 13.8. The fourth-order valence-corrected chi connectivity index (χ4v) is 2.38. The zero-order valence-corrected chi connectivity index (χ0v) is 12.0. The first-order valence-electron chi connectivity index (χ1n) is 6.85. The van der Waals surface area contributed by atoms with Crippen molar-refractivity contribution in [2.24, 2.45) is 18.7 Å². The standard InChI is InChI=1S/C15H23N3O/c1-11(8-9-16)4-7-15-17-13-10-12(19-3)5-6-14(13)18(15)2/h5-6,10-11H,4,7-9,16H2,1-3H3. The predicted molar refractivity (Wildman–Crippen MR) is 78.4 cm³/mol. The lowest BCUT2D eigenvalue weighted by Gasteiger charge is -2.09.